The van der Waals surface area contributed by atoms with Gasteiger partial charge in [0.25, 0.3) is 0 Å². The van der Waals surface area contributed by atoms with Crippen molar-refractivity contribution in [2.24, 2.45) is 0 Å². The number of aromatic nitrogens is 3. The molecule has 2 fully saturated rings. The Kier molecular flexibility index (Phi) is 17.7. The van der Waals surface area contributed by atoms with Crippen LogP contribution in [0.1, 0.15) is 61.0 Å². The van der Waals surface area contributed by atoms with Crippen molar-refractivity contribution in [2.45, 2.75) is 44.9 Å². The van der Waals surface area contributed by atoms with Gasteiger partial charge in [-0.1, -0.05) is 23.2 Å². The van der Waals surface area contributed by atoms with E-state index < -0.39 is 5.91 Å². The number of hydrogen-bond donors (Lipinski definition) is 6. The molecule has 16 heteroatoms. The lowest BCUT2D eigenvalue weighted by molar-refractivity contribution is -0.115. The van der Waals surface area contributed by atoms with Crippen LogP contribution in [0.2, 0.25) is 10.0 Å². The molecule has 44 heavy (non-hydrogen) atoms. The van der Waals surface area contributed by atoms with Crippen LogP contribution in [0.4, 0.5) is 29.2 Å². The molecule has 3 aromatic rings. The zero-order chi connectivity index (χ0) is 27.2. The van der Waals surface area contributed by atoms with Gasteiger partial charge in [-0.2, -0.15) is 15.0 Å². The van der Waals surface area contributed by atoms with E-state index in [1.165, 1.54) is 18.9 Å². The van der Waals surface area contributed by atoms with E-state index in [0.29, 0.717) is 39.1 Å². The number of halogens is 3. The van der Waals surface area contributed by atoms with Crippen molar-refractivity contribution < 1.29 is 15.3 Å². The molecule has 2 aliphatic heterocycles. The summed E-state index contributed by atoms with van der Waals surface area (Å²) in [7, 11) is 0. The number of benzene rings is 2. The number of amides is 1. The maximum absolute atomic E-state index is 12.7. The number of carbonyl (C=O) groups is 2. The number of carbonyl (C=O) groups excluding carboxylic acids is 2. The van der Waals surface area contributed by atoms with Gasteiger partial charge in [-0.3, -0.25) is 9.59 Å². The van der Waals surface area contributed by atoms with Gasteiger partial charge in [0.15, 0.2) is 5.78 Å². The number of anilines is 5. The molecule has 0 radical (unpaired) electrons. The van der Waals surface area contributed by atoms with Crippen LogP contribution < -0.4 is 45.0 Å². The van der Waals surface area contributed by atoms with E-state index in [4.69, 9.17) is 38.2 Å². The normalized spacial score (nSPS) is 13.9. The number of rotatable bonds is 8. The van der Waals surface area contributed by atoms with Crippen LogP contribution in [0.15, 0.2) is 42.5 Å². The van der Waals surface area contributed by atoms with E-state index in [1.54, 1.807) is 36.4 Å². The van der Waals surface area contributed by atoms with Crippen LogP contribution >= 0.6 is 35.6 Å². The average Bonchev–Trinajstić information content (AvgIpc) is 2.96. The largest absolute Gasteiger partial charge is 0.344 e. The third kappa shape index (κ3) is 10.7. The smallest absolute Gasteiger partial charge is 0.233 e. The first kappa shape index (κ1) is 40.7. The van der Waals surface area contributed by atoms with Gasteiger partial charge in [0.1, 0.15) is 0 Å². The van der Waals surface area contributed by atoms with E-state index >= 15 is 0 Å². The molecular weight excluding hydrogens is 629 g/mol. The summed E-state index contributed by atoms with van der Waals surface area (Å²) in [5, 5.41) is 6.71. The fraction of sp³-hybridized carbons (Fsp3) is 0.393. The zero-order valence-corrected chi connectivity index (χ0v) is 27.2. The fourth-order valence-corrected chi connectivity index (χ4v) is 5.24. The monoisotopic (exact) mass is 679 g/mol. The Morgan fingerprint density at radius 3 is 1.77 bits per heavy atom. The second-order valence-corrected chi connectivity index (χ2v) is 10.7. The lowest BCUT2D eigenvalue weighted by Gasteiger charge is -2.30. The Morgan fingerprint density at radius 1 is 0.750 bits per heavy atom. The Balaban J connectivity index is -0.000000685. The molecule has 13 nitrogen and oxygen atoms in total. The van der Waals surface area contributed by atoms with Gasteiger partial charge < -0.3 is 45.0 Å². The maximum atomic E-state index is 12.7. The van der Waals surface area contributed by atoms with Crippen LogP contribution in [-0.4, -0.2) is 52.8 Å². The van der Waals surface area contributed by atoms with E-state index in [-0.39, 0.29) is 54.9 Å². The van der Waals surface area contributed by atoms with Crippen LogP contribution in [0, 0.1) is 0 Å². The molecule has 5 rings (SSSR count). The van der Waals surface area contributed by atoms with Crippen LogP contribution in [0.5, 0.6) is 0 Å². The predicted octanol–water partition coefficient (Wildman–Crippen LogP) is 8.17. The molecule has 14 N–H and O–H groups in total. The summed E-state index contributed by atoms with van der Waals surface area (Å²) in [4.78, 5) is 43.8. The number of nitrogens with one attached hydrogen (secondary N) is 2. The van der Waals surface area contributed by atoms with Gasteiger partial charge in [0.05, 0.1) is 17.1 Å². The number of ketones is 1. The number of Topliss-reactive ketones (excluding diaryl/α,β-unsaturated/α-hetero) is 1. The molecule has 0 saturated carbocycles. The van der Waals surface area contributed by atoms with Crippen LogP contribution in [-0.2, 0) is 4.79 Å². The van der Waals surface area contributed by atoms with Crippen molar-refractivity contribution >= 4 is 76.5 Å². The fourth-order valence-electron chi connectivity index (χ4n) is 4.78. The topological polar surface area (TPSA) is 243 Å². The Morgan fingerprint density at radius 2 is 1.27 bits per heavy atom. The molecule has 2 aromatic carbocycles. The second-order valence-electron chi connectivity index (χ2n) is 9.83. The highest BCUT2D eigenvalue weighted by molar-refractivity contribution is 6.36. The van der Waals surface area contributed by atoms with Gasteiger partial charge in [0, 0.05) is 48.2 Å². The first-order valence-corrected chi connectivity index (χ1v) is 14.1. The SMILES string of the molecule is Cl.N.N.N.N.O=C(CC(=O)c1ccc(Nc2nc(N3CCCCC3)nc(N3CCCCC3)n2)cc1)Nc1ccc(Cl)cc1Cl.[HH].[HH].[HH].[HH]. The highest BCUT2D eigenvalue weighted by Gasteiger charge is 2.21. The number of piperidine rings is 2. The Hall–Kier alpha value is -3.30. The summed E-state index contributed by atoms with van der Waals surface area (Å²) < 4.78 is 0. The minimum atomic E-state index is -0.452. The molecule has 0 atom stereocenters. The van der Waals surface area contributed by atoms with Crippen LogP contribution in [0.25, 0.3) is 0 Å². The molecular formula is C28H52Cl3N11O2. The molecule has 1 amide bonds. The molecule has 0 spiro atoms. The van der Waals surface area contributed by atoms with E-state index in [9.17, 15) is 9.59 Å². The summed E-state index contributed by atoms with van der Waals surface area (Å²) in [6, 6.07) is 11.7. The standard InChI is InChI=1S/C28H31Cl2N7O2.ClH.4H3N.4H2/c29-20-9-12-23(22(30)17-20)32-25(39)18-24(38)19-7-10-21(11-8-19)31-26-33-27(36-13-3-1-4-14-36)35-28(34-26)37-15-5-2-6-16-37;;;;;;;;;/h7-12,17H,1-6,13-16,18H2,(H,32,39)(H,31,33,34,35);1H;4*1H3;4*1H. The van der Waals surface area contributed by atoms with Crippen molar-refractivity contribution in [3.63, 3.8) is 0 Å². The maximum Gasteiger partial charge on any atom is 0.233 e. The highest BCUT2D eigenvalue weighted by atomic mass is 35.5. The minimum absolute atomic E-state index is 0. The number of hydrogen-bond acceptors (Lipinski definition) is 12. The Bertz CT molecular complexity index is 1320. The summed E-state index contributed by atoms with van der Waals surface area (Å²) in [6.45, 7) is 3.77. The van der Waals surface area contributed by atoms with Crippen molar-refractivity contribution in [1.82, 2.24) is 39.6 Å². The van der Waals surface area contributed by atoms with Gasteiger partial charge in [-0.25, -0.2) is 0 Å². The lowest BCUT2D eigenvalue weighted by atomic mass is 10.1. The van der Waals surface area contributed by atoms with E-state index in [1.807, 2.05) is 0 Å². The van der Waals surface area contributed by atoms with Gasteiger partial charge in [-0.15, -0.1) is 12.4 Å². The molecule has 2 saturated heterocycles. The minimum Gasteiger partial charge on any atom is -0.344 e. The molecule has 252 valence electrons. The van der Waals surface area contributed by atoms with Gasteiger partial charge in [0.2, 0.25) is 23.8 Å². The molecule has 0 bridgehead atoms. The summed E-state index contributed by atoms with van der Waals surface area (Å²) in [5.74, 6) is 1.12. The van der Waals surface area contributed by atoms with Crippen molar-refractivity contribution in [3.8, 4) is 0 Å². The second kappa shape index (κ2) is 19.2. The first-order valence-electron chi connectivity index (χ1n) is 13.4. The molecule has 0 unspecified atom stereocenters. The molecule has 3 heterocycles. The van der Waals surface area contributed by atoms with E-state index in [2.05, 4.69) is 20.4 Å². The quantitative estimate of drug-likeness (QED) is 0.0974. The summed E-state index contributed by atoms with van der Waals surface area (Å²) in [6.07, 6.45) is 6.68. The third-order valence-electron chi connectivity index (χ3n) is 6.88. The predicted molar refractivity (Wildman–Crippen MR) is 192 cm³/mol. The zero-order valence-electron chi connectivity index (χ0n) is 24.9. The van der Waals surface area contributed by atoms with Crippen molar-refractivity contribution in [2.75, 3.05) is 46.6 Å². The average molecular weight is 681 g/mol. The lowest BCUT2D eigenvalue weighted by Crippen LogP contribution is -2.34. The van der Waals surface area contributed by atoms with Gasteiger partial charge >= 0.3 is 0 Å². The van der Waals surface area contributed by atoms with E-state index in [0.717, 1.165) is 57.5 Å². The summed E-state index contributed by atoms with van der Waals surface area (Å²) in [5.41, 5.74) is 1.57. The molecule has 1 aromatic heterocycles. The first-order chi connectivity index (χ1) is 18.9. The summed E-state index contributed by atoms with van der Waals surface area (Å²) >= 11 is 12.0. The van der Waals surface area contributed by atoms with Crippen molar-refractivity contribution in [3.05, 3.63) is 58.1 Å². The third-order valence-corrected chi connectivity index (χ3v) is 7.43. The molecule has 0 aliphatic carbocycles. The Labute approximate surface area is 280 Å². The highest BCUT2D eigenvalue weighted by Crippen LogP contribution is 2.26. The van der Waals surface area contributed by atoms with Crippen molar-refractivity contribution in [1.29, 1.82) is 0 Å². The molecule has 2 aliphatic rings. The van der Waals surface area contributed by atoms with Crippen LogP contribution in [0.3, 0.4) is 0 Å². The van der Waals surface area contributed by atoms with Gasteiger partial charge in [-0.05, 0) is 81.0 Å². The number of nitrogens with zero attached hydrogens (tertiary/aromatic N) is 5.